The van der Waals surface area contributed by atoms with Gasteiger partial charge in [0.05, 0.1) is 16.6 Å². The predicted octanol–water partition coefficient (Wildman–Crippen LogP) is 2.68. The molecule has 4 nitrogen and oxygen atoms in total. The minimum absolute atomic E-state index is 0.230. The smallest absolute Gasteiger partial charge is 0.226 e. The van der Waals surface area contributed by atoms with E-state index in [1.807, 2.05) is 23.1 Å². The van der Waals surface area contributed by atoms with Gasteiger partial charge in [0, 0.05) is 13.1 Å². The fourth-order valence-corrected chi connectivity index (χ4v) is 3.60. The molecule has 3 rings (SSSR count). The number of carbonyl (C=O) groups excluding carboxylic acids is 1. The molecule has 0 aliphatic carbocycles. The molecule has 2 N–H and O–H groups in total. The van der Waals surface area contributed by atoms with Crippen LogP contribution in [0.1, 0.15) is 25.3 Å². The molecule has 1 aliphatic heterocycles. The molecule has 20 heavy (non-hydrogen) atoms. The second-order valence-electron chi connectivity index (χ2n) is 5.62. The number of amides is 1. The van der Waals surface area contributed by atoms with Crippen LogP contribution in [0.25, 0.3) is 10.2 Å². The molecule has 1 amide bonds. The molecule has 0 saturated carbocycles. The van der Waals surface area contributed by atoms with Gasteiger partial charge in [-0.15, -0.1) is 0 Å². The summed E-state index contributed by atoms with van der Waals surface area (Å²) < 4.78 is 1.06. The summed E-state index contributed by atoms with van der Waals surface area (Å²) in [7, 11) is 0. The lowest BCUT2D eigenvalue weighted by atomic mass is 9.99. The van der Waals surface area contributed by atoms with E-state index in [9.17, 15) is 4.79 Å². The average molecular weight is 289 g/mol. The van der Waals surface area contributed by atoms with Crippen molar-refractivity contribution in [2.75, 3.05) is 18.8 Å². The number of anilines is 1. The third-order valence-electron chi connectivity index (χ3n) is 3.83. The van der Waals surface area contributed by atoms with Crippen LogP contribution >= 0.6 is 11.3 Å². The number of rotatable bonds is 2. The first-order valence-corrected chi connectivity index (χ1v) is 7.86. The highest BCUT2D eigenvalue weighted by molar-refractivity contribution is 7.22. The van der Waals surface area contributed by atoms with Crippen molar-refractivity contribution in [3.05, 3.63) is 23.8 Å². The Morgan fingerprint density at radius 3 is 3.20 bits per heavy atom. The first kappa shape index (κ1) is 13.4. The molecule has 1 aromatic heterocycles. The van der Waals surface area contributed by atoms with Crippen LogP contribution in [0.2, 0.25) is 0 Å². The summed E-state index contributed by atoms with van der Waals surface area (Å²) in [6.07, 6.45) is 2.83. The fraction of sp³-hybridized carbons (Fsp3) is 0.467. The summed E-state index contributed by atoms with van der Waals surface area (Å²) in [5.74, 6) is 0.852. The molecule has 2 aromatic rings. The van der Waals surface area contributed by atoms with Gasteiger partial charge in [-0.3, -0.25) is 4.79 Å². The van der Waals surface area contributed by atoms with Crippen molar-refractivity contribution in [2.45, 2.75) is 26.2 Å². The molecule has 1 aromatic carbocycles. The Morgan fingerprint density at radius 1 is 1.55 bits per heavy atom. The van der Waals surface area contributed by atoms with E-state index in [0.29, 0.717) is 17.5 Å². The molecule has 0 radical (unpaired) electrons. The van der Waals surface area contributed by atoms with Crippen molar-refractivity contribution in [3.8, 4) is 0 Å². The molecule has 2 heterocycles. The molecule has 0 spiro atoms. The zero-order chi connectivity index (χ0) is 14.1. The minimum atomic E-state index is 0.230. The third-order valence-corrected chi connectivity index (χ3v) is 4.68. The minimum Gasteiger partial charge on any atom is -0.375 e. The van der Waals surface area contributed by atoms with Gasteiger partial charge in [-0.25, -0.2) is 4.98 Å². The van der Waals surface area contributed by atoms with Gasteiger partial charge in [0.15, 0.2) is 5.13 Å². The molecule has 0 bridgehead atoms. The van der Waals surface area contributed by atoms with Crippen molar-refractivity contribution < 1.29 is 4.79 Å². The zero-order valence-electron chi connectivity index (χ0n) is 11.6. The number of nitrogen functional groups attached to an aromatic ring is 1. The maximum absolute atomic E-state index is 12.3. The summed E-state index contributed by atoms with van der Waals surface area (Å²) in [5.41, 5.74) is 7.66. The van der Waals surface area contributed by atoms with E-state index in [0.717, 1.165) is 35.3 Å². The van der Waals surface area contributed by atoms with Crippen molar-refractivity contribution in [1.29, 1.82) is 0 Å². The van der Waals surface area contributed by atoms with Crippen molar-refractivity contribution in [3.63, 3.8) is 0 Å². The van der Waals surface area contributed by atoms with Crippen LogP contribution < -0.4 is 5.73 Å². The molecular weight excluding hydrogens is 270 g/mol. The number of piperidine rings is 1. The molecule has 1 fully saturated rings. The Morgan fingerprint density at radius 2 is 2.40 bits per heavy atom. The molecule has 1 atom stereocenters. The topological polar surface area (TPSA) is 59.2 Å². The largest absolute Gasteiger partial charge is 0.375 e. The van der Waals surface area contributed by atoms with E-state index in [4.69, 9.17) is 5.73 Å². The number of carbonyl (C=O) groups is 1. The fourth-order valence-electron chi connectivity index (χ4n) is 2.80. The van der Waals surface area contributed by atoms with Crippen LogP contribution in [0.4, 0.5) is 5.13 Å². The van der Waals surface area contributed by atoms with Crippen LogP contribution in [0.15, 0.2) is 18.2 Å². The van der Waals surface area contributed by atoms with Crippen LogP contribution in [0, 0.1) is 5.92 Å². The number of aromatic nitrogens is 1. The van der Waals surface area contributed by atoms with E-state index in [2.05, 4.69) is 11.9 Å². The number of nitrogens with two attached hydrogens (primary N) is 1. The van der Waals surface area contributed by atoms with Gasteiger partial charge in [-0.05, 0) is 36.5 Å². The van der Waals surface area contributed by atoms with E-state index in [1.165, 1.54) is 17.8 Å². The summed E-state index contributed by atoms with van der Waals surface area (Å²) in [6.45, 7) is 4.01. The highest BCUT2D eigenvalue weighted by Gasteiger charge is 2.21. The van der Waals surface area contributed by atoms with Gasteiger partial charge in [0.1, 0.15) is 0 Å². The van der Waals surface area contributed by atoms with Gasteiger partial charge in [-0.2, -0.15) is 0 Å². The zero-order valence-corrected chi connectivity index (χ0v) is 12.4. The number of likely N-dealkylation sites (tertiary alicyclic amines) is 1. The Kier molecular flexibility index (Phi) is 3.61. The summed E-state index contributed by atoms with van der Waals surface area (Å²) in [4.78, 5) is 18.6. The maximum Gasteiger partial charge on any atom is 0.226 e. The lowest BCUT2D eigenvalue weighted by Gasteiger charge is -2.31. The number of thiazole rings is 1. The second kappa shape index (κ2) is 5.40. The Balaban J connectivity index is 1.73. The maximum atomic E-state index is 12.3. The molecule has 1 aliphatic rings. The Hall–Kier alpha value is -1.62. The molecular formula is C15H19N3OS. The van der Waals surface area contributed by atoms with Crippen LogP contribution in [0.3, 0.4) is 0 Å². The average Bonchev–Trinajstić information content (AvgIpc) is 2.78. The number of fused-ring (bicyclic) bond motifs is 1. The van der Waals surface area contributed by atoms with E-state index >= 15 is 0 Å². The molecule has 1 saturated heterocycles. The van der Waals surface area contributed by atoms with Gasteiger partial charge < -0.3 is 10.6 Å². The lowest BCUT2D eigenvalue weighted by Crippen LogP contribution is -2.39. The molecule has 1 unspecified atom stereocenters. The van der Waals surface area contributed by atoms with E-state index in [-0.39, 0.29) is 5.91 Å². The van der Waals surface area contributed by atoms with Gasteiger partial charge in [-0.1, -0.05) is 24.3 Å². The third kappa shape index (κ3) is 2.77. The summed E-state index contributed by atoms with van der Waals surface area (Å²) >= 11 is 1.47. The van der Waals surface area contributed by atoms with Crippen LogP contribution in [-0.2, 0) is 11.2 Å². The lowest BCUT2D eigenvalue weighted by molar-refractivity contribution is -0.132. The highest BCUT2D eigenvalue weighted by Crippen LogP contribution is 2.25. The van der Waals surface area contributed by atoms with Crippen molar-refractivity contribution in [2.24, 2.45) is 5.92 Å². The number of benzene rings is 1. The van der Waals surface area contributed by atoms with Gasteiger partial charge >= 0.3 is 0 Å². The quantitative estimate of drug-likeness (QED) is 0.924. The highest BCUT2D eigenvalue weighted by atomic mass is 32.1. The van der Waals surface area contributed by atoms with Crippen molar-refractivity contribution in [1.82, 2.24) is 9.88 Å². The standard InChI is InChI=1S/C15H19N3OS/c1-10-3-2-6-18(9-10)14(19)8-11-4-5-12-13(7-11)20-15(16)17-12/h4-5,7,10H,2-3,6,8-9H2,1H3,(H2,16,17). The molecule has 5 heteroatoms. The van der Waals surface area contributed by atoms with E-state index < -0.39 is 0 Å². The first-order chi connectivity index (χ1) is 9.61. The van der Waals surface area contributed by atoms with Gasteiger partial charge in [0.2, 0.25) is 5.91 Å². The number of hydrogen-bond acceptors (Lipinski definition) is 4. The van der Waals surface area contributed by atoms with Crippen LogP contribution in [0.5, 0.6) is 0 Å². The monoisotopic (exact) mass is 289 g/mol. The Bertz CT molecular complexity index is 637. The summed E-state index contributed by atoms with van der Waals surface area (Å²) in [5, 5.41) is 0.577. The second-order valence-corrected chi connectivity index (χ2v) is 6.68. The van der Waals surface area contributed by atoms with E-state index in [1.54, 1.807) is 0 Å². The number of hydrogen-bond donors (Lipinski definition) is 1. The predicted molar refractivity (Wildman–Crippen MR) is 82.7 cm³/mol. The Labute approximate surface area is 122 Å². The first-order valence-electron chi connectivity index (χ1n) is 7.04. The van der Waals surface area contributed by atoms with Crippen molar-refractivity contribution >= 4 is 32.6 Å². The van der Waals surface area contributed by atoms with Crippen LogP contribution in [-0.4, -0.2) is 28.9 Å². The normalized spacial score (nSPS) is 19.4. The molecule has 106 valence electrons. The van der Waals surface area contributed by atoms with Gasteiger partial charge in [0.25, 0.3) is 0 Å². The summed E-state index contributed by atoms with van der Waals surface area (Å²) in [6, 6.07) is 5.96. The number of nitrogens with zero attached hydrogens (tertiary/aromatic N) is 2. The SMILES string of the molecule is CC1CCCN(C(=O)Cc2ccc3nc(N)sc3c2)C1.